The molecule has 2 aliphatic carbocycles. The van der Waals surface area contributed by atoms with Crippen LogP contribution in [0.5, 0.6) is 0 Å². The van der Waals surface area contributed by atoms with Crippen molar-refractivity contribution in [2.45, 2.75) is 50.5 Å². The molecular formula is C48H41N4+. The van der Waals surface area contributed by atoms with Crippen molar-refractivity contribution in [3.05, 3.63) is 180 Å². The van der Waals surface area contributed by atoms with Gasteiger partial charge in [0.1, 0.15) is 5.69 Å². The van der Waals surface area contributed by atoms with E-state index in [4.69, 9.17) is 10.3 Å². The molecule has 0 fully saturated rings. The highest BCUT2D eigenvalue weighted by atomic mass is 15.4. The van der Waals surface area contributed by atoms with Crippen LogP contribution in [0.25, 0.3) is 50.5 Å². The van der Waals surface area contributed by atoms with E-state index in [1.54, 1.807) is 0 Å². The van der Waals surface area contributed by atoms with Crippen LogP contribution in [0, 0.1) is 5.92 Å². The SMILES string of the molecule is C=CC(CCC)C1(CC)Cc2ccc(-n3cc(-c4ccc5c(c4)C4(c6ccccc6-c6ccccc64)c4ccccc4-5)nn3)cc2-c2cccc[n+]21. The zero-order valence-electron chi connectivity index (χ0n) is 29.8. The van der Waals surface area contributed by atoms with Crippen LogP contribution in [-0.2, 0) is 17.4 Å². The van der Waals surface area contributed by atoms with E-state index in [0.717, 1.165) is 42.6 Å². The molecule has 0 saturated heterocycles. The van der Waals surface area contributed by atoms with Crippen LogP contribution in [-0.4, -0.2) is 15.0 Å². The normalized spacial score (nSPS) is 17.4. The minimum Gasteiger partial charge on any atom is -0.220 e. The van der Waals surface area contributed by atoms with Gasteiger partial charge in [-0.1, -0.05) is 123 Å². The second-order valence-corrected chi connectivity index (χ2v) is 14.8. The average Bonchev–Trinajstić information content (AvgIpc) is 3.90. The number of fused-ring (bicyclic) bond motifs is 13. The Labute approximate surface area is 305 Å². The topological polar surface area (TPSA) is 34.6 Å². The van der Waals surface area contributed by atoms with Gasteiger partial charge in [-0.25, -0.2) is 4.68 Å². The van der Waals surface area contributed by atoms with Crippen molar-refractivity contribution < 1.29 is 4.57 Å². The van der Waals surface area contributed by atoms with Crippen LogP contribution in [0.15, 0.2) is 152 Å². The van der Waals surface area contributed by atoms with E-state index in [-0.39, 0.29) is 11.0 Å². The fourth-order valence-electron chi connectivity index (χ4n) is 10.1. The van der Waals surface area contributed by atoms with E-state index in [1.807, 2.05) is 4.68 Å². The molecule has 4 heteroatoms. The van der Waals surface area contributed by atoms with Crippen LogP contribution in [0.2, 0.25) is 0 Å². The highest BCUT2D eigenvalue weighted by Crippen LogP contribution is 2.63. The first kappa shape index (κ1) is 30.9. The third kappa shape index (κ3) is 4.06. The van der Waals surface area contributed by atoms with E-state index in [1.165, 1.54) is 61.3 Å². The molecule has 2 unspecified atom stereocenters. The van der Waals surface area contributed by atoms with Crippen molar-refractivity contribution in [2.75, 3.05) is 0 Å². The number of hydrogen-bond acceptors (Lipinski definition) is 2. The van der Waals surface area contributed by atoms with Gasteiger partial charge in [0.15, 0.2) is 11.7 Å². The van der Waals surface area contributed by atoms with E-state index in [0.29, 0.717) is 5.92 Å². The molecule has 252 valence electrons. The first-order valence-corrected chi connectivity index (χ1v) is 18.8. The van der Waals surface area contributed by atoms with Gasteiger partial charge in [0.25, 0.3) is 0 Å². The first-order chi connectivity index (χ1) is 25.6. The lowest BCUT2D eigenvalue weighted by Gasteiger charge is -2.38. The molecule has 10 rings (SSSR count). The maximum absolute atomic E-state index is 4.79. The number of pyridine rings is 1. The number of allylic oxidation sites excluding steroid dienone is 1. The molecule has 0 amide bonds. The standard InChI is InChI=1S/C48H41N4/c1-4-15-34(5-2)47(6-3)30-33-23-25-35(29-40(33)46-22-13-14-27-51(46)47)52-31-45(49-50-52)32-24-26-39-38-18-9-12-21-43(38)48(44(39)28-32)41-19-10-7-16-36(41)37-17-8-11-20-42(37)48/h5,7-14,16-29,31,34H,2,4,6,15,30H2,1,3H3/q+1. The Bertz CT molecular complexity index is 2490. The molecule has 0 N–H and O–H groups in total. The van der Waals surface area contributed by atoms with Gasteiger partial charge in [-0.05, 0) is 80.8 Å². The van der Waals surface area contributed by atoms with Gasteiger partial charge < -0.3 is 0 Å². The summed E-state index contributed by atoms with van der Waals surface area (Å²) < 4.78 is 4.47. The van der Waals surface area contributed by atoms with Crippen molar-refractivity contribution in [2.24, 2.45) is 5.92 Å². The quantitative estimate of drug-likeness (QED) is 0.125. The molecule has 0 saturated carbocycles. The minimum atomic E-state index is -0.385. The van der Waals surface area contributed by atoms with Crippen LogP contribution in [0.4, 0.5) is 0 Å². The minimum absolute atomic E-state index is 0.0335. The fourth-order valence-corrected chi connectivity index (χ4v) is 10.1. The second kappa shape index (κ2) is 11.6. The zero-order valence-corrected chi connectivity index (χ0v) is 29.8. The molecule has 52 heavy (non-hydrogen) atoms. The molecule has 3 aliphatic rings. The van der Waals surface area contributed by atoms with Gasteiger partial charge in [-0.2, -0.15) is 4.57 Å². The molecule has 1 aliphatic heterocycles. The predicted octanol–water partition coefficient (Wildman–Crippen LogP) is 10.5. The maximum Gasteiger partial charge on any atom is 0.213 e. The second-order valence-electron chi connectivity index (χ2n) is 14.8. The largest absolute Gasteiger partial charge is 0.220 e. The summed E-state index contributed by atoms with van der Waals surface area (Å²) in [6, 6.07) is 47.1. The highest BCUT2D eigenvalue weighted by Gasteiger charge is 2.52. The molecule has 5 aromatic carbocycles. The molecule has 2 aromatic heterocycles. The van der Waals surface area contributed by atoms with Crippen molar-refractivity contribution in [3.8, 4) is 50.5 Å². The van der Waals surface area contributed by atoms with E-state index in [2.05, 4.69) is 171 Å². The number of benzene rings is 5. The third-order valence-corrected chi connectivity index (χ3v) is 12.4. The lowest BCUT2D eigenvalue weighted by molar-refractivity contribution is -0.764. The molecule has 0 radical (unpaired) electrons. The van der Waals surface area contributed by atoms with Crippen molar-refractivity contribution in [1.29, 1.82) is 0 Å². The lowest BCUT2D eigenvalue weighted by Crippen LogP contribution is -2.63. The Hall–Kier alpha value is -5.87. The van der Waals surface area contributed by atoms with Crippen molar-refractivity contribution >= 4 is 0 Å². The van der Waals surface area contributed by atoms with E-state index in [9.17, 15) is 0 Å². The molecule has 3 heterocycles. The molecule has 7 aromatic rings. The van der Waals surface area contributed by atoms with Crippen LogP contribution < -0.4 is 4.57 Å². The molecule has 1 spiro atoms. The Morgan fingerprint density at radius 3 is 2.04 bits per heavy atom. The van der Waals surface area contributed by atoms with Gasteiger partial charge in [-0.3, -0.25) is 0 Å². The summed E-state index contributed by atoms with van der Waals surface area (Å²) in [7, 11) is 0. The summed E-state index contributed by atoms with van der Waals surface area (Å²) in [4.78, 5) is 0. The number of nitrogens with zero attached hydrogens (tertiary/aromatic N) is 4. The Morgan fingerprint density at radius 2 is 1.38 bits per heavy atom. The van der Waals surface area contributed by atoms with Crippen LogP contribution in [0.1, 0.15) is 60.9 Å². The Balaban J connectivity index is 1.07. The molecular weight excluding hydrogens is 633 g/mol. The Kier molecular flexibility index (Phi) is 6.88. The molecule has 2 atom stereocenters. The predicted molar refractivity (Wildman–Crippen MR) is 209 cm³/mol. The average molecular weight is 674 g/mol. The van der Waals surface area contributed by atoms with Crippen molar-refractivity contribution in [3.63, 3.8) is 0 Å². The van der Waals surface area contributed by atoms with E-state index < -0.39 is 0 Å². The Morgan fingerprint density at radius 1 is 0.731 bits per heavy atom. The first-order valence-electron chi connectivity index (χ1n) is 18.8. The highest BCUT2D eigenvalue weighted by molar-refractivity contribution is 5.95. The van der Waals surface area contributed by atoms with E-state index >= 15 is 0 Å². The number of aromatic nitrogens is 4. The summed E-state index contributed by atoms with van der Waals surface area (Å²) in [5.41, 5.74) is 16.9. The summed E-state index contributed by atoms with van der Waals surface area (Å²) in [5, 5.41) is 9.50. The monoisotopic (exact) mass is 673 g/mol. The summed E-state index contributed by atoms with van der Waals surface area (Å²) in [5.74, 6) is 0.393. The lowest BCUT2D eigenvalue weighted by atomic mass is 9.70. The summed E-state index contributed by atoms with van der Waals surface area (Å²) >= 11 is 0. The fraction of sp³-hybridized carbons (Fsp3) is 0.188. The number of rotatable bonds is 7. The molecule has 4 nitrogen and oxygen atoms in total. The molecule has 0 bridgehead atoms. The summed E-state index contributed by atoms with van der Waals surface area (Å²) in [6.07, 6.45) is 10.8. The van der Waals surface area contributed by atoms with Gasteiger partial charge in [0, 0.05) is 36.5 Å². The summed E-state index contributed by atoms with van der Waals surface area (Å²) in [6.45, 7) is 8.90. The number of hydrogen-bond donors (Lipinski definition) is 0. The van der Waals surface area contributed by atoms with Crippen molar-refractivity contribution in [1.82, 2.24) is 15.0 Å². The van der Waals surface area contributed by atoms with Crippen LogP contribution >= 0.6 is 0 Å². The van der Waals surface area contributed by atoms with Gasteiger partial charge in [-0.15, -0.1) is 11.7 Å². The third-order valence-electron chi connectivity index (χ3n) is 12.4. The van der Waals surface area contributed by atoms with Gasteiger partial charge in [0.2, 0.25) is 5.69 Å². The maximum atomic E-state index is 4.79. The zero-order chi connectivity index (χ0) is 35.0. The van der Waals surface area contributed by atoms with Crippen LogP contribution in [0.3, 0.4) is 0 Å². The smallest absolute Gasteiger partial charge is 0.213 e. The van der Waals surface area contributed by atoms with Gasteiger partial charge in [0.05, 0.1) is 22.9 Å². The van der Waals surface area contributed by atoms with Gasteiger partial charge >= 0.3 is 0 Å².